The van der Waals surface area contributed by atoms with Gasteiger partial charge in [-0.3, -0.25) is 4.79 Å². The van der Waals surface area contributed by atoms with Crippen LogP contribution in [0.3, 0.4) is 0 Å². The molecule has 24 heavy (non-hydrogen) atoms. The van der Waals surface area contributed by atoms with Crippen molar-refractivity contribution in [1.82, 2.24) is 4.90 Å². The van der Waals surface area contributed by atoms with Crippen LogP contribution in [0.15, 0.2) is 59.3 Å². The van der Waals surface area contributed by atoms with Crippen LogP contribution < -0.4 is 4.90 Å². The number of hydrogen-bond donors (Lipinski definition) is 0. The molecule has 0 atom stereocenters. The van der Waals surface area contributed by atoms with Crippen molar-refractivity contribution in [1.29, 1.82) is 0 Å². The zero-order valence-corrected chi connectivity index (χ0v) is 15.4. The number of anilines is 1. The third-order valence-corrected chi connectivity index (χ3v) is 5.49. The molecule has 0 unspecified atom stereocenters. The van der Waals surface area contributed by atoms with Crippen molar-refractivity contribution in [3.8, 4) is 0 Å². The summed E-state index contributed by atoms with van der Waals surface area (Å²) in [6, 6.07) is 16.0. The molecule has 124 valence electrons. The highest BCUT2D eigenvalue weighted by Gasteiger charge is 2.17. The Morgan fingerprint density at radius 2 is 1.42 bits per heavy atom. The molecule has 3 rings (SSSR count). The number of carbonyl (C=O) groups is 1. The second-order valence-corrected chi connectivity index (χ2v) is 7.83. The van der Waals surface area contributed by atoms with Crippen molar-refractivity contribution >= 4 is 34.3 Å². The van der Waals surface area contributed by atoms with Gasteiger partial charge < -0.3 is 9.80 Å². The van der Waals surface area contributed by atoms with Gasteiger partial charge >= 0.3 is 0 Å². The molecule has 3 nitrogen and oxygen atoms in total. The number of carbonyl (C=O) groups excluding carboxylic acids is 1. The predicted octanol–water partition coefficient (Wildman–Crippen LogP) is 4.72. The molecule has 1 amide bonds. The van der Waals surface area contributed by atoms with Crippen molar-refractivity contribution < 1.29 is 4.79 Å². The highest BCUT2D eigenvalue weighted by molar-refractivity contribution is 7.10. The van der Waals surface area contributed by atoms with E-state index in [2.05, 4.69) is 22.9 Å². The van der Waals surface area contributed by atoms with Gasteiger partial charge in [0.2, 0.25) is 0 Å². The molecule has 3 aromatic rings. The molecule has 5 heteroatoms. The minimum Gasteiger partial charge on any atom is -0.378 e. The first-order valence-corrected chi connectivity index (χ1v) is 9.51. The molecule has 0 fully saturated rings. The number of amides is 1. The van der Waals surface area contributed by atoms with Crippen LogP contribution in [-0.2, 0) is 13.1 Å². The molecular formula is C19H20N2OS2. The summed E-state index contributed by atoms with van der Waals surface area (Å²) >= 11 is 3.37. The third kappa shape index (κ3) is 4.04. The topological polar surface area (TPSA) is 23.6 Å². The molecule has 0 N–H and O–H groups in total. The van der Waals surface area contributed by atoms with E-state index in [9.17, 15) is 4.79 Å². The highest BCUT2D eigenvalue weighted by Crippen LogP contribution is 2.20. The molecular weight excluding hydrogens is 336 g/mol. The van der Waals surface area contributed by atoms with Gasteiger partial charge in [0, 0.05) is 35.1 Å². The quantitative estimate of drug-likeness (QED) is 0.638. The van der Waals surface area contributed by atoms with E-state index >= 15 is 0 Å². The summed E-state index contributed by atoms with van der Waals surface area (Å²) < 4.78 is 0. The van der Waals surface area contributed by atoms with Gasteiger partial charge in [-0.2, -0.15) is 0 Å². The smallest absolute Gasteiger partial charge is 0.254 e. The van der Waals surface area contributed by atoms with Crippen LogP contribution in [0.5, 0.6) is 0 Å². The molecule has 1 aromatic carbocycles. The monoisotopic (exact) mass is 356 g/mol. The van der Waals surface area contributed by atoms with Gasteiger partial charge in [-0.1, -0.05) is 12.1 Å². The van der Waals surface area contributed by atoms with Gasteiger partial charge in [-0.25, -0.2) is 0 Å². The summed E-state index contributed by atoms with van der Waals surface area (Å²) in [6.45, 7) is 1.29. The van der Waals surface area contributed by atoms with Gasteiger partial charge in [0.15, 0.2) is 0 Å². The number of nitrogens with zero attached hydrogens (tertiary/aromatic N) is 2. The minimum atomic E-state index is 0.0714. The molecule has 0 aliphatic rings. The van der Waals surface area contributed by atoms with Crippen molar-refractivity contribution in [2.75, 3.05) is 19.0 Å². The first kappa shape index (κ1) is 16.7. The second-order valence-electron chi connectivity index (χ2n) is 5.76. The van der Waals surface area contributed by atoms with Crippen LogP contribution in [0.25, 0.3) is 0 Å². The molecule has 0 saturated heterocycles. The Labute approximate surface area is 150 Å². The van der Waals surface area contributed by atoms with Crippen LogP contribution in [0.4, 0.5) is 5.69 Å². The van der Waals surface area contributed by atoms with E-state index in [0.29, 0.717) is 13.1 Å². The summed E-state index contributed by atoms with van der Waals surface area (Å²) in [5, 5.41) is 4.10. The fraction of sp³-hybridized carbons (Fsp3) is 0.211. The predicted molar refractivity (Wildman–Crippen MR) is 103 cm³/mol. The lowest BCUT2D eigenvalue weighted by molar-refractivity contribution is 0.0733. The first-order valence-electron chi connectivity index (χ1n) is 7.75. The van der Waals surface area contributed by atoms with E-state index in [1.165, 1.54) is 9.75 Å². The largest absolute Gasteiger partial charge is 0.378 e. The maximum atomic E-state index is 13.0. The SMILES string of the molecule is CN(C)c1ccc(C(=O)N(Cc2cccs2)Cc2cccs2)cc1. The Kier molecular flexibility index (Phi) is 5.33. The maximum Gasteiger partial charge on any atom is 0.254 e. The number of rotatable bonds is 6. The van der Waals surface area contributed by atoms with Crippen LogP contribution >= 0.6 is 22.7 Å². The summed E-state index contributed by atoms with van der Waals surface area (Å²) in [5.74, 6) is 0.0714. The molecule has 0 bridgehead atoms. The van der Waals surface area contributed by atoms with Crippen molar-refractivity contribution in [3.05, 3.63) is 74.6 Å². The Morgan fingerprint density at radius 3 is 1.83 bits per heavy atom. The average Bonchev–Trinajstić information content (AvgIpc) is 3.27. The Hall–Kier alpha value is -2.11. The molecule has 0 aliphatic heterocycles. The fourth-order valence-corrected chi connectivity index (χ4v) is 3.90. The van der Waals surface area contributed by atoms with Gasteiger partial charge in [0.25, 0.3) is 5.91 Å². The first-order chi connectivity index (χ1) is 11.6. The molecule has 0 aliphatic carbocycles. The standard InChI is InChI=1S/C19H20N2OS2/c1-20(2)16-9-7-15(8-10-16)19(22)21(13-17-5-3-11-23-17)14-18-6-4-12-24-18/h3-12H,13-14H2,1-2H3. The van der Waals surface area contributed by atoms with E-state index in [0.717, 1.165) is 11.3 Å². The van der Waals surface area contributed by atoms with E-state index in [-0.39, 0.29) is 5.91 Å². The number of hydrogen-bond acceptors (Lipinski definition) is 4. The van der Waals surface area contributed by atoms with E-state index in [1.54, 1.807) is 22.7 Å². The molecule has 0 saturated carbocycles. The van der Waals surface area contributed by atoms with Gasteiger partial charge in [-0.05, 0) is 47.2 Å². The zero-order valence-electron chi connectivity index (χ0n) is 13.8. The molecule has 0 spiro atoms. The summed E-state index contributed by atoms with van der Waals surface area (Å²) in [7, 11) is 3.99. The lowest BCUT2D eigenvalue weighted by atomic mass is 10.1. The van der Waals surface area contributed by atoms with Crippen LogP contribution in [-0.4, -0.2) is 24.9 Å². The summed E-state index contributed by atoms with van der Waals surface area (Å²) in [6.07, 6.45) is 0. The Balaban J connectivity index is 1.81. The minimum absolute atomic E-state index is 0.0714. The van der Waals surface area contributed by atoms with Crippen LogP contribution in [0, 0.1) is 0 Å². The van der Waals surface area contributed by atoms with Gasteiger partial charge in [-0.15, -0.1) is 22.7 Å². The van der Waals surface area contributed by atoms with Crippen LogP contribution in [0.1, 0.15) is 20.1 Å². The number of benzene rings is 1. The van der Waals surface area contributed by atoms with Gasteiger partial charge in [0.1, 0.15) is 0 Å². The highest BCUT2D eigenvalue weighted by atomic mass is 32.1. The Morgan fingerprint density at radius 1 is 0.875 bits per heavy atom. The Bertz CT molecular complexity index is 726. The van der Waals surface area contributed by atoms with Crippen LogP contribution in [0.2, 0.25) is 0 Å². The lowest BCUT2D eigenvalue weighted by Crippen LogP contribution is -2.29. The van der Waals surface area contributed by atoms with E-state index in [1.807, 2.05) is 60.3 Å². The maximum absolute atomic E-state index is 13.0. The van der Waals surface area contributed by atoms with Crippen molar-refractivity contribution in [2.45, 2.75) is 13.1 Å². The fourth-order valence-electron chi connectivity index (χ4n) is 2.47. The zero-order chi connectivity index (χ0) is 16.9. The lowest BCUT2D eigenvalue weighted by Gasteiger charge is -2.22. The molecule has 2 aromatic heterocycles. The van der Waals surface area contributed by atoms with Crippen molar-refractivity contribution in [2.24, 2.45) is 0 Å². The third-order valence-electron chi connectivity index (χ3n) is 3.77. The van der Waals surface area contributed by atoms with E-state index in [4.69, 9.17) is 0 Å². The average molecular weight is 357 g/mol. The molecule has 2 heterocycles. The normalized spacial score (nSPS) is 10.6. The molecule has 0 radical (unpaired) electrons. The summed E-state index contributed by atoms with van der Waals surface area (Å²) in [5.41, 5.74) is 1.82. The summed E-state index contributed by atoms with van der Waals surface area (Å²) in [4.78, 5) is 19.3. The van der Waals surface area contributed by atoms with Gasteiger partial charge in [0.05, 0.1) is 13.1 Å². The van der Waals surface area contributed by atoms with Crippen molar-refractivity contribution in [3.63, 3.8) is 0 Å². The van der Waals surface area contributed by atoms with E-state index < -0.39 is 0 Å². The second kappa shape index (κ2) is 7.64. The number of thiophene rings is 2.